The first-order valence-corrected chi connectivity index (χ1v) is 14.5. The highest BCUT2D eigenvalue weighted by atomic mass is 16.4. The molecule has 0 atom stereocenters. The van der Waals surface area contributed by atoms with Crippen LogP contribution in [-0.4, -0.2) is 60.1 Å². The van der Waals surface area contributed by atoms with Gasteiger partial charge in [-0.1, -0.05) is 60.7 Å². The Hall–Kier alpha value is -5.06. The summed E-state index contributed by atoms with van der Waals surface area (Å²) < 4.78 is 0. The molecule has 4 rings (SSSR count). The van der Waals surface area contributed by atoms with E-state index in [1.54, 1.807) is 0 Å². The van der Waals surface area contributed by atoms with E-state index in [9.17, 15) is 29.4 Å². The van der Waals surface area contributed by atoms with Gasteiger partial charge in [-0.3, -0.25) is 9.59 Å². The summed E-state index contributed by atoms with van der Waals surface area (Å²) in [7, 11) is 0. The zero-order valence-corrected chi connectivity index (χ0v) is 24.3. The lowest BCUT2D eigenvalue weighted by Crippen LogP contribution is -2.29. The second-order valence-corrected chi connectivity index (χ2v) is 10.2. The molecule has 0 unspecified atom stereocenters. The molecular weight excluding hydrogens is 560 g/mol. The Balaban J connectivity index is 1.45. The average molecular weight is 597 g/mol. The van der Waals surface area contributed by atoms with Gasteiger partial charge in [0.05, 0.1) is 11.1 Å². The van der Waals surface area contributed by atoms with E-state index < -0.39 is 23.8 Å². The zero-order chi connectivity index (χ0) is 31.3. The molecule has 0 aromatic heterocycles. The monoisotopic (exact) mass is 596 g/mol. The Kier molecular flexibility index (Phi) is 11.6. The standard InChI is InChI=1S/C34H36N4O6/c39-31(37-19-7-17-35-21-23-9-3-1-4-10-23)25-13-14-26(30-28(34(43)44)16-15-27(29(25)30)33(41)42)32(40)38-20-8-18-36-22-24-11-5-2-6-12-24/h1-6,9-16,35-36H,7-8,17-22H2,(H,37,39)(H,38,40)(H,41,42)(H,43,44). The number of carboxylic acid groups (broad SMARTS) is 2. The molecule has 0 saturated carbocycles. The largest absolute Gasteiger partial charge is 0.478 e. The van der Waals surface area contributed by atoms with Crippen molar-refractivity contribution < 1.29 is 29.4 Å². The first kappa shape index (κ1) is 31.9. The van der Waals surface area contributed by atoms with Crippen molar-refractivity contribution in [2.24, 2.45) is 0 Å². The van der Waals surface area contributed by atoms with Gasteiger partial charge in [-0.25, -0.2) is 9.59 Å². The molecule has 228 valence electrons. The minimum Gasteiger partial charge on any atom is -0.478 e. The van der Waals surface area contributed by atoms with Gasteiger partial charge in [0.25, 0.3) is 11.8 Å². The third kappa shape index (κ3) is 8.50. The van der Waals surface area contributed by atoms with Gasteiger partial charge in [0, 0.05) is 48.1 Å². The quantitative estimate of drug-likeness (QED) is 0.106. The van der Waals surface area contributed by atoms with Gasteiger partial charge in [-0.15, -0.1) is 0 Å². The van der Waals surface area contributed by atoms with Crippen LogP contribution in [0.25, 0.3) is 10.8 Å². The Morgan fingerprint density at radius 3 is 1.20 bits per heavy atom. The van der Waals surface area contributed by atoms with E-state index in [4.69, 9.17) is 0 Å². The predicted octanol–water partition coefficient (Wildman–Crippen LogP) is 4.06. The molecule has 4 aromatic rings. The van der Waals surface area contributed by atoms with Crippen LogP contribution in [0.2, 0.25) is 0 Å². The molecule has 0 fully saturated rings. The molecule has 0 aliphatic rings. The second-order valence-electron chi connectivity index (χ2n) is 10.2. The van der Waals surface area contributed by atoms with Crippen LogP contribution in [0.3, 0.4) is 0 Å². The lowest BCUT2D eigenvalue weighted by atomic mass is 9.91. The van der Waals surface area contributed by atoms with E-state index in [-0.39, 0.29) is 33.0 Å². The Morgan fingerprint density at radius 2 is 0.841 bits per heavy atom. The summed E-state index contributed by atoms with van der Waals surface area (Å²) in [6, 6.07) is 24.8. The molecule has 0 heterocycles. The Morgan fingerprint density at radius 1 is 0.477 bits per heavy atom. The van der Waals surface area contributed by atoms with Gasteiger partial charge in [0.15, 0.2) is 0 Å². The van der Waals surface area contributed by atoms with Crippen LogP contribution in [0.1, 0.15) is 65.4 Å². The minimum atomic E-state index is -1.34. The molecule has 10 nitrogen and oxygen atoms in total. The van der Waals surface area contributed by atoms with Gasteiger partial charge in [-0.2, -0.15) is 0 Å². The highest BCUT2D eigenvalue weighted by molar-refractivity contribution is 6.23. The molecule has 4 aromatic carbocycles. The maximum atomic E-state index is 13.2. The van der Waals surface area contributed by atoms with Crippen LogP contribution in [0.15, 0.2) is 84.9 Å². The molecule has 0 aliphatic carbocycles. The lowest BCUT2D eigenvalue weighted by molar-refractivity contribution is 0.0684. The number of amides is 2. The number of nitrogens with one attached hydrogen (secondary N) is 4. The fourth-order valence-electron chi connectivity index (χ4n) is 4.91. The van der Waals surface area contributed by atoms with Crippen LogP contribution in [0.4, 0.5) is 0 Å². The molecule has 0 radical (unpaired) electrons. The van der Waals surface area contributed by atoms with Crippen molar-refractivity contribution in [1.82, 2.24) is 21.3 Å². The second kappa shape index (κ2) is 16.0. The first-order valence-electron chi connectivity index (χ1n) is 14.5. The summed E-state index contributed by atoms with van der Waals surface area (Å²) in [6.45, 7) is 3.27. The number of hydrogen-bond acceptors (Lipinski definition) is 6. The zero-order valence-electron chi connectivity index (χ0n) is 24.3. The summed E-state index contributed by atoms with van der Waals surface area (Å²) in [5.41, 5.74) is 1.72. The van der Waals surface area contributed by atoms with E-state index in [1.807, 2.05) is 60.7 Å². The van der Waals surface area contributed by atoms with Crippen LogP contribution in [0.5, 0.6) is 0 Å². The summed E-state index contributed by atoms with van der Waals surface area (Å²) in [5, 5.41) is 31.9. The lowest BCUT2D eigenvalue weighted by Gasteiger charge is -2.16. The van der Waals surface area contributed by atoms with Crippen molar-refractivity contribution in [2.45, 2.75) is 25.9 Å². The van der Waals surface area contributed by atoms with Gasteiger partial charge >= 0.3 is 11.9 Å². The highest BCUT2D eigenvalue weighted by Gasteiger charge is 2.25. The van der Waals surface area contributed by atoms with Crippen molar-refractivity contribution in [1.29, 1.82) is 0 Å². The van der Waals surface area contributed by atoms with Crippen LogP contribution in [0, 0.1) is 0 Å². The summed E-state index contributed by atoms with van der Waals surface area (Å²) in [4.78, 5) is 50.9. The molecule has 44 heavy (non-hydrogen) atoms. The smallest absolute Gasteiger partial charge is 0.336 e. The predicted molar refractivity (Wildman–Crippen MR) is 168 cm³/mol. The number of fused-ring (bicyclic) bond motifs is 1. The molecule has 10 heteroatoms. The number of benzene rings is 4. The number of carbonyl (C=O) groups is 4. The third-order valence-corrected chi connectivity index (χ3v) is 7.09. The van der Waals surface area contributed by atoms with Gasteiger partial charge in [0.1, 0.15) is 0 Å². The Bertz CT molecular complexity index is 1490. The van der Waals surface area contributed by atoms with E-state index >= 15 is 0 Å². The Labute approximate surface area is 255 Å². The van der Waals surface area contributed by atoms with Crippen molar-refractivity contribution in [3.8, 4) is 0 Å². The molecule has 0 bridgehead atoms. The summed E-state index contributed by atoms with van der Waals surface area (Å²) >= 11 is 0. The fourth-order valence-corrected chi connectivity index (χ4v) is 4.91. The van der Waals surface area contributed by atoms with Gasteiger partial charge < -0.3 is 31.5 Å². The minimum absolute atomic E-state index is 0.0144. The van der Waals surface area contributed by atoms with E-state index in [0.29, 0.717) is 52.1 Å². The van der Waals surface area contributed by atoms with E-state index in [2.05, 4.69) is 21.3 Å². The van der Waals surface area contributed by atoms with Gasteiger partial charge in [0.2, 0.25) is 0 Å². The molecule has 2 amide bonds. The number of rotatable bonds is 16. The van der Waals surface area contributed by atoms with E-state index in [0.717, 1.165) is 23.3 Å². The van der Waals surface area contributed by atoms with Crippen LogP contribution >= 0.6 is 0 Å². The third-order valence-electron chi connectivity index (χ3n) is 7.09. The van der Waals surface area contributed by atoms with Crippen molar-refractivity contribution in [3.63, 3.8) is 0 Å². The number of carbonyl (C=O) groups excluding carboxylic acids is 2. The fraction of sp³-hybridized carbons (Fsp3) is 0.235. The number of hydrogen-bond donors (Lipinski definition) is 6. The maximum absolute atomic E-state index is 13.2. The summed E-state index contributed by atoms with van der Waals surface area (Å²) in [5.74, 6) is -3.79. The molecule has 6 N–H and O–H groups in total. The van der Waals surface area contributed by atoms with Crippen molar-refractivity contribution >= 4 is 34.5 Å². The molecule has 0 spiro atoms. The topological polar surface area (TPSA) is 157 Å². The van der Waals surface area contributed by atoms with Crippen molar-refractivity contribution in [3.05, 3.63) is 118 Å². The summed E-state index contributed by atoms with van der Waals surface area (Å²) in [6.07, 6.45) is 1.23. The molecule has 0 saturated heterocycles. The SMILES string of the molecule is O=C(O)c1ccc(C(=O)O)c2c(C(=O)NCCCNCc3ccccc3)ccc(C(=O)NCCCNCc3ccccc3)c12. The molecule has 0 aliphatic heterocycles. The normalized spacial score (nSPS) is 10.8. The van der Waals surface area contributed by atoms with Crippen LogP contribution in [-0.2, 0) is 13.1 Å². The van der Waals surface area contributed by atoms with Crippen LogP contribution < -0.4 is 21.3 Å². The number of aromatic carboxylic acids is 2. The van der Waals surface area contributed by atoms with Crippen molar-refractivity contribution in [2.75, 3.05) is 26.2 Å². The van der Waals surface area contributed by atoms with Gasteiger partial charge in [-0.05, 0) is 61.3 Å². The first-order chi connectivity index (χ1) is 21.4. The van der Waals surface area contributed by atoms with E-state index in [1.165, 1.54) is 12.1 Å². The maximum Gasteiger partial charge on any atom is 0.336 e. The highest BCUT2D eigenvalue weighted by Crippen LogP contribution is 2.30. The average Bonchev–Trinajstić information content (AvgIpc) is 3.03. The number of carboxylic acids is 2. The molecular formula is C34H36N4O6.